The Labute approximate surface area is 92.4 Å². The molecule has 1 aromatic carbocycles. The second-order valence-electron chi connectivity index (χ2n) is 3.79. The third-order valence-corrected chi connectivity index (χ3v) is 2.86. The molecular weight excluding hydrogens is 208 g/mol. The highest BCUT2D eigenvalue weighted by Gasteiger charge is 2.31. The molecule has 0 bridgehead atoms. The summed E-state index contributed by atoms with van der Waals surface area (Å²) in [5, 5.41) is 0. The first-order valence-electron chi connectivity index (χ1n) is 5.01. The highest BCUT2D eigenvalue weighted by Crippen LogP contribution is 2.38. The standard InChI is InChI=1S/C12H10O4/c1-7-9(5-14-12(7)13)8-2-3-10-11(4-8)16-6-15-10/h2-4,9H,1,5-6H2/t9-/m1/s1. The molecule has 1 aromatic rings. The molecule has 1 saturated heterocycles. The topological polar surface area (TPSA) is 44.8 Å². The van der Waals surface area contributed by atoms with Gasteiger partial charge in [0.2, 0.25) is 6.79 Å². The van der Waals surface area contributed by atoms with Crippen molar-refractivity contribution in [2.24, 2.45) is 0 Å². The monoisotopic (exact) mass is 218 g/mol. The van der Waals surface area contributed by atoms with Gasteiger partial charge in [0, 0.05) is 11.5 Å². The average molecular weight is 218 g/mol. The number of ether oxygens (including phenoxy) is 3. The Morgan fingerprint density at radius 2 is 2.00 bits per heavy atom. The summed E-state index contributed by atoms with van der Waals surface area (Å²) in [6.45, 7) is 4.35. The van der Waals surface area contributed by atoms with Gasteiger partial charge in [0.15, 0.2) is 11.5 Å². The minimum atomic E-state index is -0.317. The normalized spacial score (nSPS) is 22.4. The van der Waals surface area contributed by atoms with Gasteiger partial charge >= 0.3 is 5.97 Å². The van der Waals surface area contributed by atoms with Crippen LogP contribution < -0.4 is 9.47 Å². The molecule has 0 aromatic heterocycles. The van der Waals surface area contributed by atoms with Crippen molar-refractivity contribution in [2.75, 3.05) is 13.4 Å². The maximum absolute atomic E-state index is 11.2. The molecule has 0 unspecified atom stereocenters. The Balaban J connectivity index is 1.96. The van der Waals surface area contributed by atoms with Crippen molar-refractivity contribution in [3.63, 3.8) is 0 Å². The quantitative estimate of drug-likeness (QED) is 0.530. The van der Waals surface area contributed by atoms with Crippen molar-refractivity contribution in [3.8, 4) is 11.5 Å². The second-order valence-corrected chi connectivity index (χ2v) is 3.79. The molecule has 0 amide bonds. The van der Waals surface area contributed by atoms with Crippen molar-refractivity contribution in [3.05, 3.63) is 35.9 Å². The molecule has 82 valence electrons. The molecule has 2 heterocycles. The number of carbonyl (C=O) groups excluding carboxylic acids is 1. The molecular formula is C12H10O4. The molecule has 0 spiro atoms. The number of fused-ring (bicyclic) bond motifs is 1. The van der Waals surface area contributed by atoms with Crippen LogP contribution in [0.4, 0.5) is 0 Å². The van der Waals surface area contributed by atoms with Crippen LogP contribution >= 0.6 is 0 Å². The summed E-state index contributed by atoms with van der Waals surface area (Å²) in [6.07, 6.45) is 0. The number of esters is 1. The summed E-state index contributed by atoms with van der Waals surface area (Å²) >= 11 is 0. The molecule has 1 atom stereocenters. The van der Waals surface area contributed by atoms with Crippen molar-refractivity contribution in [2.45, 2.75) is 5.92 Å². The lowest BCUT2D eigenvalue weighted by atomic mass is 9.94. The molecule has 0 aliphatic carbocycles. The fourth-order valence-electron chi connectivity index (χ4n) is 1.92. The van der Waals surface area contributed by atoms with E-state index in [1.54, 1.807) is 0 Å². The molecule has 2 aliphatic heterocycles. The van der Waals surface area contributed by atoms with Gasteiger partial charge in [0.25, 0.3) is 0 Å². The minimum absolute atomic E-state index is 0.0676. The van der Waals surface area contributed by atoms with E-state index in [1.165, 1.54) is 0 Å². The number of benzene rings is 1. The summed E-state index contributed by atoms with van der Waals surface area (Å²) in [5.41, 5.74) is 1.47. The van der Waals surface area contributed by atoms with Gasteiger partial charge in [-0.15, -0.1) is 0 Å². The van der Waals surface area contributed by atoms with Crippen LogP contribution in [0, 0.1) is 0 Å². The molecule has 4 heteroatoms. The van der Waals surface area contributed by atoms with E-state index in [0.29, 0.717) is 17.9 Å². The largest absolute Gasteiger partial charge is 0.461 e. The zero-order valence-corrected chi connectivity index (χ0v) is 8.56. The summed E-state index contributed by atoms with van der Waals surface area (Å²) in [6, 6.07) is 5.62. The fourth-order valence-corrected chi connectivity index (χ4v) is 1.92. The number of hydrogen-bond donors (Lipinski definition) is 0. The van der Waals surface area contributed by atoms with E-state index in [0.717, 1.165) is 11.3 Å². The van der Waals surface area contributed by atoms with Crippen LogP contribution in [0.15, 0.2) is 30.4 Å². The second kappa shape index (κ2) is 3.27. The van der Waals surface area contributed by atoms with Crippen molar-refractivity contribution in [1.29, 1.82) is 0 Å². The van der Waals surface area contributed by atoms with Crippen molar-refractivity contribution >= 4 is 5.97 Å². The average Bonchev–Trinajstić information content (AvgIpc) is 2.86. The first kappa shape index (κ1) is 9.27. The van der Waals surface area contributed by atoms with E-state index >= 15 is 0 Å². The maximum atomic E-state index is 11.2. The molecule has 0 N–H and O–H groups in total. The van der Waals surface area contributed by atoms with Gasteiger partial charge < -0.3 is 14.2 Å². The van der Waals surface area contributed by atoms with Gasteiger partial charge in [-0.2, -0.15) is 0 Å². The van der Waals surface area contributed by atoms with Gasteiger partial charge in [-0.25, -0.2) is 4.79 Å². The van der Waals surface area contributed by atoms with Crippen LogP contribution in [0.5, 0.6) is 11.5 Å². The first-order valence-corrected chi connectivity index (χ1v) is 5.01. The zero-order valence-electron chi connectivity index (χ0n) is 8.56. The van der Waals surface area contributed by atoms with Crippen molar-refractivity contribution in [1.82, 2.24) is 0 Å². The number of rotatable bonds is 1. The van der Waals surface area contributed by atoms with E-state index in [9.17, 15) is 4.79 Å². The van der Waals surface area contributed by atoms with Crippen LogP contribution in [0.3, 0.4) is 0 Å². The highest BCUT2D eigenvalue weighted by atomic mass is 16.7. The van der Waals surface area contributed by atoms with Crippen LogP contribution in [0.25, 0.3) is 0 Å². The van der Waals surface area contributed by atoms with Crippen LogP contribution in [0.2, 0.25) is 0 Å². The third kappa shape index (κ3) is 1.26. The molecule has 2 aliphatic rings. The number of carbonyl (C=O) groups is 1. The van der Waals surface area contributed by atoms with Gasteiger partial charge in [0.1, 0.15) is 6.61 Å². The summed E-state index contributed by atoms with van der Waals surface area (Å²) in [5.74, 6) is 1.06. The van der Waals surface area contributed by atoms with Crippen LogP contribution in [-0.4, -0.2) is 19.4 Å². The number of cyclic esters (lactones) is 1. The van der Waals surface area contributed by atoms with Crippen LogP contribution in [-0.2, 0) is 9.53 Å². The van der Waals surface area contributed by atoms with Gasteiger partial charge in [0.05, 0.1) is 0 Å². The lowest BCUT2D eigenvalue weighted by Crippen LogP contribution is -2.00. The Kier molecular flexibility index (Phi) is 1.89. The molecule has 4 nitrogen and oxygen atoms in total. The summed E-state index contributed by atoms with van der Waals surface area (Å²) in [7, 11) is 0. The highest BCUT2D eigenvalue weighted by molar-refractivity contribution is 5.91. The third-order valence-electron chi connectivity index (χ3n) is 2.86. The van der Waals surface area contributed by atoms with E-state index in [2.05, 4.69) is 6.58 Å². The lowest BCUT2D eigenvalue weighted by Gasteiger charge is -2.08. The number of hydrogen-bond acceptors (Lipinski definition) is 4. The first-order chi connectivity index (χ1) is 7.75. The van der Waals surface area contributed by atoms with E-state index in [-0.39, 0.29) is 18.7 Å². The lowest BCUT2D eigenvalue weighted by molar-refractivity contribution is -0.135. The fraction of sp³-hybridized carbons (Fsp3) is 0.250. The Morgan fingerprint density at radius 3 is 2.75 bits per heavy atom. The van der Waals surface area contributed by atoms with Gasteiger partial charge in [-0.05, 0) is 17.7 Å². The minimum Gasteiger partial charge on any atom is -0.461 e. The van der Waals surface area contributed by atoms with Gasteiger partial charge in [-0.3, -0.25) is 0 Å². The Hall–Kier alpha value is -1.97. The Morgan fingerprint density at radius 1 is 1.19 bits per heavy atom. The smallest absolute Gasteiger partial charge is 0.334 e. The maximum Gasteiger partial charge on any atom is 0.334 e. The van der Waals surface area contributed by atoms with Crippen molar-refractivity contribution < 1.29 is 19.0 Å². The van der Waals surface area contributed by atoms with E-state index in [4.69, 9.17) is 14.2 Å². The molecule has 16 heavy (non-hydrogen) atoms. The van der Waals surface area contributed by atoms with Crippen LogP contribution in [0.1, 0.15) is 11.5 Å². The summed E-state index contributed by atoms with van der Waals surface area (Å²) in [4.78, 5) is 11.2. The van der Waals surface area contributed by atoms with Gasteiger partial charge in [-0.1, -0.05) is 12.6 Å². The molecule has 3 rings (SSSR count). The predicted octanol–water partition coefficient (Wildman–Crippen LogP) is 1.61. The SMILES string of the molecule is C=C1C(=O)OC[C@H]1c1ccc2c(c1)OCO2. The van der Waals surface area contributed by atoms with E-state index in [1.807, 2.05) is 18.2 Å². The predicted molar refractivity (Wildman–Crippen MR) is 55.4 cm³/mol. The molecule has 0 radical (unpaired) electrons. The molecule has 1 fully saturated rings. The zero-order chi connectivity index (χ0) is 11.1. The van der Waals surface area contributed by atoms with E-state index < -0.39 is 0 Å². The summed E-state index contributed by atoms with van der Waals surface area (Å²) < 4.78 is 15.4. The Bertz CT molecular complexity index is 478. The molecule has 0 saturated carbocycles.